The lowest BCUT2D eigenvalue weighted by Crippen LogP contribution is -2.24. The van der Waals surface area contributed by atoms with Crippen molar-refractivity contribution in [3.63, 3.8) is 0 Å². The largest absolute Gasteiger partial charge is 0.506 e. The second-order valence-electron chi connectivity index (χ2n) is 6.75. The Hall–Kier alpha value is -3.94. The Morgan fingerprint density at radius 2 is 1.90 bits per heavy atom. The lowest BCUT2D eigenvalue weighted by atomic mass is 10.1. The molecule has 0 aliphatic rings. The van der Waals surface area contributed by atoms with Crippen molar-refractivity contribution in [1.82, 2.24) is 14.8 Å². The number of nitrogens with zero attached hydrogens (tertiary/aromatic N) is 2. The first-order valence-electron chi connectivity index (χ1n) is 8.82. The zero-order valence-electron chi connectivity index (χ0n) is 15.7. The Balaban J connectivity index is 1.77. The van der Waals surface area contributed by atoms with Crippen LogP contribution in [0.2, 0.25) is 0 Å². The van der Waals surface area contributed by atoms with E-state index in [2.05, 4.69) is 15.4 Å². The van der Waals surface area contributed by atoms with E-state index < -0.39 is 28.6 Å². The highest BCUT2D eigenvalue weighted by Crippen LogP contribution is 2.27. The average molecular weight is 392 g/mol. The summed E-state index contributed by atoms with van der Waals surface area (Å²) in [6.45, 7) is 3.77. The fraction of sp³-hybridized carbons (Fsp3) is 0.0952. The van der Waals surface area contributed by atoms with E-state index in [0.717, 1.165) is 11.1 Å². The van der Waals surface area contributed by atoms with Gasteiger partial charge in [-0.2, -0.15) is 5.10 Å². The number of carbonyl (C=O) groups is 1. The number of pyridine rings is 1. The van der Waals surface area contributed by atoms with Crippen LogP contribution >= 0.6 is 0 Å². The van der Waals surface area contributed by atoms with Crippen LogP contribution in [0.4, 0.5) is 10.1 Å². The minimum absolute atomic E-state index is 0.194. The number of halogens is 1. The highest BCUT2D eigenvalue weighted by atomic mass is 19.1. The molecule has 0 aliphatic heterocycles. The smallest absolute Gasteiger partial charge is 0.266 e. The van der Waals surface area contributed by atoms with Gasteiger partial charge in [0.1, 0.15) is 22.8 Å². The van der Waals surface area contributed by atoms with E-state index in [4.69, 9.17) is 0 Å². The first-order chi connectivity index (χ1) is 13.8. The monoisotopic (exact) mass is 392 g/mol. The molecule has 7 nitrogen and oxygen atoms in total. The molecule has 0 spiro atoms. The minimum Gasteiger partial charge on any atom is -0.506 e. The molecular formula is C21H17FN4O3. The summed E-state index contributed by atoms with van der Waals surface area (Å²) >= 11 is 0. The number of aryl methyl sites for hydroxylation is 2. The Labute approximate surface area is 164 Å². The summed E-state index contributed by atoms with van der Waals surface area (Å²) in [4.78, 5) is 27.9. The number of carbonyl (C=O) groups excluding carboxylic acids is 1. The predicted octanol–water partition coefficient (Wildman–Crippen LogP) is 3.43. The van der Waals surface area contributed by atoms with E-state index in [1.165, 1.54) is 35.1 Å². The quantitative estimate of drug-likeness (QED) is 0.497. The van der Waals surface area contributed by atoms with Crippen molar-refractivity contribution < 1.29 is 14.3 Å². The summed E-state index contributed by atoms with van der Waals surface area (Å²) in [7, 11) is 0. The van der Waals surface area contributed by atoms with E-state index in [1.807, 2.05) is 26.0 Å². The van der Waals surface area contributed by atoms with Crippen molar-refractivity contribution in [2.24, 2.45) is 0 Å². The van der Waals surface area contributed by atoms with E-state index in [1.54, 1.807) is 6.07 Å². The fourth-order valence-corrected chi connectivity index (χ4v) is 3.18. The predicted molar refractivity (Wildman–Crippen MR) is 107 cm³/mol. The van der Waals surface area contributed by atoms with Crippen LogP contribution in [0.15, 0.2) is 53.5 Å². The van der Waals surface area contributed by atoms with E-state index in [-0.39, 0.29) is 11.0 Å². The highest BCUT2D eigenvalue weighted by Gasteiger charge is 2.22. The third kappa shape index (κ3) is 3.25. The molecule has 1 amide bonds. The van der Waals surface area contributed by atoms with Crippen LogP contribution in [0.1, 0.15) is 21.5 Å². The van der Waals surface area contributed by atoms with Gasteiger partial charge in [0.2, 0.25) is 0 Å². The topological polar surface area (TPSA) is 100 Å². The number of hydrogen-bond acceptors (Lipinski definition) is 4. The number of aromatic hydroxyl groups is 1. The van der Waals surface area contributed by atoms with Crippen LogP contribution in [0.3, 0.4) is 0 Å². The zero-order chi connectivity index (χ0) is 20.7. The molecule has 8 heteroatoms. The molecule has 0 saturated heterocycles. The van der Waals surface area contributed by atoms with Crippen LogP contribution in [0, 0.1) is 19.7 Å². The first-order valence-corrected chi connectivity index (χ1v) is 8.82. The standard InChI is InChI=1S/C21H17FN4O3/c1-11-3-8-16(12(2)9-11)24-20(28)17-18(27)15-10-23-26(19(15)25-21(17)29)14-6-4-13(22)5-7-14/h3-10H,1-2H3,(H,24,28)(H2,25,27,29). The van der Waals surface area contributed by atoms with Crippen molar-refractivity contribution in [2.45, 2.75) is 13.8 Å². The van der Waals surface area contributed by atoms with Crippen molar-refractivity contribution in [3.05, 3.63) is 81.5 Å². The summed E-state index contributed by atoms with van der Waals surface area (Å²) in [5, 5.41) is 17.6. The van der Waals surface area contributed by atoms with Crippen LogP contribution in [0.25, 0.3) is 16.7 Å². The number of anilines is 1. The molecule has 0 radical (unpaired) electrons. The Morgan fingerprint density at radius 1 is 1.17 bits per heavy atom. The van der Waals surface area contributed by atoms with Gasteiger partial charge < -0.3 is 15.4 Å². The van der Waals surface area contributed by atoms with Crippen molar-refractivity contribution in [2.75, 3.05) is 5.32 Å². The number of rotatable bonds is 3. The third-order valence-corrected chi connectivity index (χ3v) is 4.65. The van der Waals surface area contributed by atoms with Crippen molar-refractivity contribution in [3.8, 4) is 11.4 Å². The van der Waals surface area contributed by atoms with E-state index >= 15 is 0 Å². The number of benzene rings is 2. The molecule has 2 heterocycles. The lowest BCUT2D eigenvalue weighted by Gasteiger charge is -2.10. The summed E-state index contributed by atoms with van der Waals surface area (Å²) in [5.41, 5.74) is 1.93. The highest BCUT2D eigenvalue weighted by molar-refractivity contribution is 6.09. The molecule has 4 aromatic rings. The number of fused-ring (bicyclic) bond motifs is 1. The number of hydrogen-bond donors (Lipinski definition) is 3. The van der Waals surface area contributed by atoms with Gasteiger partial charge in [-0.15, -0.1) is 0 Å². The normalized spacial score (nSPS) is 11.0. The van der Waals surface area contributed by atoms with Gasteiger partial charge in [-0.1, -0.05) is 17.7 Å². The van der Waals surface area contributed by atoms with Crippen LogP contribution in [-0.4, -0.2) is 25.8 Å². The van der Waals surface area contributed by atoms with Gasteiger partial charge in [-0.3, -0.25) is 9.59 Å². The van der Waals surface area contributed by atoms with Gasteiger partial charge in [0.05, 0.1) is 17.3 Å². The van der Waals surface area contributed by atoms with Gasteiger partial charge >= 0.3 is 0 Å². The maximum absolute atomic E-state index is 13.2. The Bertz CT molecular complexity index is 1310. The molecule has 0 bridgehead atoms. The molecule has 0 atom stereocenters. The maximum atomic E-state index is 13.2. The number of aromatic amines is 1. The summed E-state index contributed by atoms with van der Waals surface area (Å²) in [6.07, 6.45) is 1.33. The lowest BCUT2D eigenvalue weighted by molar-refractivity contribution is 0.102. The molecule has 0 aliphatic carbocycles. The van der Waals surface area contributed by atoms with Crippen molar-refractivity contribution >= 4 is 22.6 Å². The van der Waals surface area contributed by atoms with Gasteiger partial charge in [-0.05, 0) is 49.7 Å². The molecule has 0 unspecified atom stereocenters. The van der Waals surface area contributed by atoms with E-state index in [9.17, 15) is 19.1 Å². The van der Waals surface area contributed by atoms with Crippen molar-refractivity contribution in [1.29, 1.82) is 0 Å². The molecule has 2 aromatic heterocycles. The Kier molecular flexibility index (Phi) is 4.38. The molecule has 0 fully saturated rings. The molecule has 0 saturated carbocycles. The molecule has 4 rings (SSSR count). The Morgan fingerprint density at radius 3 is 2.59 bits per heavy atom. The average Bonchev–Trinajstić information content (AvgIpc) is 3.08. The second-order valence-corrected chi connectivity index (χ2v) is 6.75. The molecule has 2 aromatic carbocycles. The summed E-state index contributed by atoms with van der Waals surface area (Å²) in [5.74, 6) is -1.61. The summed E-state index contributed by atoms with van der Waals surface area (Å²) in [6, 6.07) is 11.0. The van der Waals surface area contributed by atoms with Gasteiger partial charge in [-0.25, -0.2) is 9.07 Å². The first kappa shape index (κ1) is 18.4. The SMILES string of the molecule is Cc1ccc(NC(=O)c2c(O)c3cnn(-c4ccc(F)cc4)c3[nH]c2=O)c(C)c1. The molecule has 3 N–H and O–H groups in total. The minimum atomic E-state index is -0.763. The molecular weight excluding hydrogens is 375 g/mol. The van der Waals surface area contributed by atoms with Crippen LogP contribution in [0.5, 0.6) is 5.75 Å². The van der Waals surface area contributed by atoms with Crippen LogP contribution in [-0.2, 0) is 0 Å². The van der Waals surface area contributed by atoms with Crippen LogP contribution < -0.4 is 10.9 Å². The number of nitrogens with one attached hydrogen (secondary N) is 2. The summed E-state index contributed by atoms with van der Waals surface area (Å²) < 4.78 is 14.5. The third-order valence-electron chi connectivity index (χ3n) is 4.65. The van der Waals surface area contributed by atoms with E-state index in [0.29, 0.717) is 11.4 Å². The number of H-pyrrole nitrogens is 1. The molecule has 29 heavy (non-hydrogen) atoms. The van der Waals surface area contributed by atoms with Gasteiger partial charge in [0, 0.05) is 5.69 Å². The maximum Gasteiger partial charge on any atom is 0.266 e. The zero-order valence-corrected chi connectivity index (χ0v) is 15.7. The molecule has 146 valence electrons. The number of aromatic nitrogens is 3. The number of amides is 1. The fourth-order valence-electron chi connectivity index (χ4n) is 3.18. The van der Waals surface area contributed by atoms with Gasteiger partial charge in [0.25, 0.3) is 11.5 Å². The second kappa shape index (κ2) is 6.90. The van der Waals surface area contributed by atoms with Gasteiger partial charge in [0.15, 0.2) is 0 Å².